The number of amides is 1. The van der Waals surface area contributed by atoms with Gasteiger partial charge in [0, 0.05) is 21.5 Å². The van der Waals surface area contributed by atoms with Gasteiger partial charge in [-0.1, -0.05) is 59.6 Å². The molecule has 0 radical (unpaired) electrons. The Balaban J connectivity index is 1.62. The first-order valence-corrected chi connectivity index (χ1v) is 9.45. The highest BCUT2D eigenvalue weighted by Gasteiger charge is 2.13. The minimum Gasteiger partial charge on any atom is -0.298 e. The van der Waals surface area contributed by atoms with Crippen LogP contribution < -0.4 is 5.32 Å². The van der Waals surface area contributed by atoms with Gasteiger partial charge < -0.3 is 0 Å². The van der Waals surface area contributed by atoms with Crippen molar-refractivity contribution in [1.82, 2.24) is 4.98 Å². The third-order valence-electron chi connectivity index (χ3n) is 3.97. The number of halogens is 2. The number of thiazole rings is 1. The summed E-state index contributed by atoms with van der Waals surface area (Å²) in [5, 5.41) is 8.26. The molecule has 0 aliphatic rings. The van der Waals surface area contributed by atoms with E-state index in [1.54, 1.807) is 12.1 Å². The van der Waals surface area contributed by atoms with Crippen LogP contribution >= 0.6 is 34.5 Å². The number of nitrogens with zero attached hydrogens (tertiary/aromatic N) is 1. The van der Waals surface area contributed by atoms with Crippen molar-refractivity contribution in [3.8, 4) is 11.3 Å². The fourth-order valence-electron chi connectivity index (χ4n) is 2.74. The number of benzene rings is 3. The molecule has 3 nitrogen and oxygen atoms in total. The normalized spacial score (nSPS) is 10.8. The van der Waals surface area contributed by atoms with E-state index in [2.05, 4.69) is 10.3 Å². The molecule has 0 spiro atoms. The number of carbonyl (C=O) groups is 1. The molecule has 1 N–H and O–H groups in total. The zero-order valence-corrected chi connectivity index (χ0v) is 15.7. The van der Waals surface area contributed by atoms with Crippen molar-refractivity contribution in [3.05, 3.63) is 81.7 Å². The summed E-state index contributed by atoms with van der Waals surface area (Å²) in [7, 11) is 0. The molecule has 0 aliphatic heterocycles. The van der Waals surface area contributed by atoms with E-state index >= 15 is 0 Å². The molecule has 0 fully saturated rings. The molecule has 0 saturated carbocycles. The van der Waals surface area contributed by atoms with Crippen molar-refractivity contribution >= 4 is 56.3 Å². The van der Waals surface area contributed by atoms with Crippen LogP contribution in [0.15, 0.2) is 66.0 Å². The first kappa shape index (κ1) is 17.0. The number of nitrogens with one attached hydrogen (secondary N) is 1. The highest BCUT2D eigenvalue weighted by Crippen LogP contribution is 2.32. The summed E-state index contributed by atoms with van der Waals surface area (Å²) in [6, 6.07) is 18.7. The summed E-state index contributed by atoms with van der Waals surface area (Å²) in [6.07, 6.45) is 0. The first-order valence-electron chi connectivity index (χ1n) is 7.82. The number of anilines is 1. The maximum absolute atomic E-state index is 12.7. The SMILES string of the molecule is O=C(Nc1nc(-c2ccc(Cl)cc2Cl)cs1)c1cccc2ccccc12. The van der Waals surface area contributed by atoms with Crippen molar-refractivity contribution in [2.24, 2.45) is 0 Å². The number of carbonyl (C=O) groups excluding carboxylic acids is 1. The summed E-state index contributed by atoms with van der Waals surface area (Å²) >= 11 is 13.5. The molecule has 1 amide bonds. The number of aromatic nitrogens is 1. The van der Waals surface area contributed by atoms with Crippen molar-refractivity contribution < 1.29 is 4.79 Å². The lowest BCUT2D eigenvalue weighted by Crippen LogP contribution is -2.12. The second kappa shape index (κ2) is 7.08. The van der Waals surface area contributed by atoms with Crippen LogP contribution in [-0.2, 0) is 0 Å². The number of rotatable bonds is 3. The molecule has 0 aliphatic carbocycles. The molecule has 0 unspecified atom stereocenters. The van der Waals surface area contributed by atoms with E-state index < -0.39 is 0 Å². The van der Waals surface area contributed by atoms with Crippen molar-refractivity contribution in [2.75, 3.05) is 5.32 Å². The van der Waals surface area contributed by atoms with E-state index in [9.17, 15) is 4.79 Å². The fraction of sp³-hybridized carbons (Fsp3) is 0. The Bertz CT molecular complexity index is 1120. The summed E-state index contributed by atoms with van der Waals surface area (Å²) < 4.78 is 0. The predicted molar refractivity (Wildman–Crippen MR) is 109 cm³/mol. The molecular weight excluding hydrogens is 387 g/mol. The molecular formula is C20H12Cl2N2OS. The average molecular weight is 399 g/mol. The maximum Gasteiger partial charge on any atom is 0.258 e. The Morgan fingerprint density at radius 3 is 2.65 bits per heavy atom. The second-order valence-corrected chi connectivity index (χ2v) is 7.34. The zero-order valence-electron chi connectivity index (χ0n) is 13.4. The quantitative estimate of drug-likeness (QED) is 0.426. The Morgan fingerprint density at radius 2 is 1.81 bits per heavy atom. The van der Waals surface area contributed by atoms with E-state index in [0.717, 1.165) is 16.3 Å². The number of fused-ring (bicyclic) bond motifs is 1. The molecule has 4 aromatic rings. The second-order valence-electron chi connectivity index (χ2n) is 5.64. The minimum atomic E-state index is -0.190. The van der Waals surface area contributed by atoms with Gasteiger partial charge in [0.1, 0.15) is 0 Å². The largest absolute Gasteiger partial charge is 0.298 e. The van der Waals surface area contributed by atoms with Gasteiger partial charge in [0.05, 0.1) is 10.7 Å². The lowest BCUT2D eigenvalue weighted by molar-refractivity contribution is 0.102. The van der Waals surface area contributed by atoms with Crippen molar-refractivity contribution in [3.63, 3.8) is 0 Å². The van der Waals surface area contributed by atoms with Gasteiger partial charge in [-0.3, -0.25) is 10.1 Å². The predicted octanol–water partition coefficient (Wildman–Crippen LogP) is 6.52. The molecule has 1 heterocycles. The van der Waals surface area contributed by atoms with Gasteiger partial charge in [-0.05, 0) is 35.0 Å². The molecule has 4 rings (SSSR count). The van der Waals surface area contributed by atoms with Gasteiger partial charge >= 0.3 is 0 Å². The van der Waals surface area contributed by atoms with Crippen LogP contribution in [0.2, 0.25) is 10.0 Å². The lowest BCUT2D eigenvalue weighted by Gasteiger charge is -2.06. The maximum atomic E-state index is 12.7. The van der Waals surface area contributed by atoms with Crippen LogP contribution in [0.5, 0.6) is 0 Å². The standard InChI is InChI=1S/C20H12Cl2N2OS/c21-13-8-9-16(17(22)10-13)18-11-26-20(23-18)24-19(25)15-7-3-5-12-4-1-2-6-14(12)15/h1-11H,(H,23,24,25). The van der Waals surface area contributed by atoms with E-state index in [4.69, 9.17) is 23.2 Å². The molecule has 26 heavy (non-hydrogen) atoms. The average Bonchev–Trinajstić information content (AvgIpc) is 3.09. The van der Waals surface area contributed by atoms with Gasteiger partial charge in [0.25, 0.3) is 5.91 Å². The molecule has 128 valence electrons. The van der Waals surface area contributed by atoms with Crippen LogP contribution in [0.25, 0.3) is 22.0 Å². The molecule has 0 saturated heterocycles. The number of hydrogen-bond donors (Lipinski definition) is 1. The topological polar surface area (TPSA) is 42.0 Å². The zero-order chi connectivity index (χ0) is 18.1. The summed E-state index contributed by atoms with van der Waals surface area (Å²) in [5.41, 5.74) is 2.09. The van der Waals surface area contributed by atoms with Gasteiger partial charge in [-0.15, -0.1) is 11.3 Å². The van der Waals surface area contributed by atoms with Crippen molar-refractivity contribution in [1.29, 1.82) is 0 Å². The highest BCUT2D eigenvalue weighted by molar-refractivity contribution is 7.14. The van der Waals surface area contributed by atoms with Gasteiger partial charge in [0.2, 0.25) is 0 Å². The van der Waals surface area contributed by atoms with Crippen LogP contribution in [0.4, 0.5) is 5.13 Å². The molecule has 1 aromatic heterocycles. The molecule has 0 bridgehead atoms. The van der Waals surface area contributed by atoms with E-state index in [1.807, 2.05) is 53.9 Å². The third-order valence-corrected chi connectivity index (χ3v) is 5.27. The van der Waals surface area contributed by atoms with Crippen LogP contribution in [-0.4, -0.2) is 10.9 Å². The van der Waals surface area contributed by atoms with Crippen LogP contribution in [0.3, 0.4) is 0 Å². The highest BCUT2D eigenvalue weighted by atomic mass is 35.5. The van der Waals surface area contributed by atoms with Crippen LogP contribution in [0.1, 0.15) is 10.4 Å². The Kier molecular flexibility index (Phi) is 4.64. The van der Waals surface area contributed by atoms with Crippen molar-refractivity contribution in [2.45, 2.75) is 0 Å². The Morgan fingerprint density at radius 1 is 1.00 bits per heavy atom. The van der Waals surface area contributed by atoms with E-state index in [-0.39, 0.29) is 5.91 Å². The molecule has 6 heteroatoms. The summed E-state index contributed by atoms with van der Waals surface area (Å²) in [4.78, 5) is 17.2. The Labute approximate surface area is 164 Å². The first-order chi connectivity index (χ1) is 12.6. The summed E-state index contributed by atoms with van der Waals surface area (Å²) in [6.45, 7) is 0. The van der Waals surface area contributed by atoms with Gasteiger partial charge in [0.15, 0.2) is 5.13 Å². The van der Waals surface area contributed by atoms with E-state index in [1.165, 1.54) is 11.3 Å². The van der Waals surface area contributed by atoms with Gasteiger partial charge in [-0.25, -0.2) is 4.98 Å². The molecule has 0 atom stereocenters. The fourth-order valence-corrected chi connectivity index (χ4v) is 3.95. The molecule has 3 aromatic carbocycles. The van der Waals surface area contributed by atoms with Gasteiger partial charge in [-0.2, -0.15) is 0 Å². The smallest absolute Gasteiger partial charge is 0.258 e. The number of hydrogen-bond acceptors (Lipinski definition) is 3. The van der Waals surface area contributed by atoms with Crippen LogP contribution in [0, 0.1) is 0 Å². The Hall–Kier alpha value is -2.40. The summed E-state index contributed by atoms with van der Waals surface area (Å²) in [5.74, 6) is -0.190. The monoisotopic (exact) mass is 398 g/mol. The van der Waals surface area contributed by atoms with E-state index in [0.29, 0.717) is 26.4 Å². The lowest BCUT2D eigenvalue weighted by atomic mass is 10.0. The third kappa shape index (κ3) is 3.31. The minimum absolute atomic E-state index is 0.190.